The summed E-state index contributed by atoms with van der Waals surface area (Å²) >= 11 is 2.16. The highest BCUT2D eigenvalue weighted by Gasteiger charge is 2.10. The highest BCUT2D eigenvalue weighted by atomic mass is 127. The Hall–Kier alpha value is -2.62. The van der Waals surface area contributed by atoms with Crippen LogP contribution < -0.4 is 10.1 Å². The maximum Gasteiger partial charge on any atom is 0.344 e. The SMILES string of the molecule is COC(=O)c1ccc(NC(=O)COC(=O)COc2ccc(I)cc2)cc1. The van der Waals surface area contributed by atoms with E-state index in [2.05, 4.69) is 32.6 Å². The van der Waals surface area contributed by atoms with Gasteiger partial charge in [-0.1, -0.05) is 0 Å². The lowest BCUT2D eigenvalue weighted by molar-refractivity contribution is -0.149. The summed E-state index contributed by atoms with van der Waals surface area (Å²) in [6, 6.07) is 13.3. The van der Waals surface area contributed by atoms with E-state index in [4.69, 9.17) is 9.47 Å². The van der Waals surface area contributed by atoms with Crippen LogP contribution in [0.15, 0.2) is 48.5 Å². The maximum absolute atomic E-state index is 11.8. The minimum atomic E-state index is -0.653. The summed E-state index contributed by atoms with van der Waals surface area (Å²) in [6.07, 6.45) is 0. The van der Waals surface area contributed by atoms with Gasteiger partial charge in [0.1, 0.15) is 5.75 Å². The van der Waals surface area contributed by atoms with Crippen molar-refractivity contribution >= 4 is 46.1 Å². The molecule has 0 aromatic heterocycles. The van der Waals surface area contributed by atoms with E-state index in [1.54, 1.807) is 24.3 Å². The maximum atomic E-state index is 11.8. The van der Waals surface area contributed by atoms with Crippen LogP contribution in [0.4, 0.5) is 5.69 Å². The number of hydrogen-bond acceptors (Lipinski definition) is 6. The molecular formula is C18H16INO6. The summed E-state index contributed by atoms with van der Waals surface area (Å²) in [5.41, 5.74) is 0.832. The van der Waals surface area contributed by atoms with Gasteiger partial charge in [-0.3, -0.25) is 4.79 Å². The molecule has 0 atom stereocenters. The Bertz CT molecular complexity index is 773. The molecule has 0 fully saturated rings. The van der Waals surface area contributed by atoms with Crippen LogP contribution in [-0.2, 0) is 19.1 Å². The van der Waals surface area contributed by atoms with Crippen LogP contribution in [0.25, 0.3) is 0 Å². The zero-order chi connectivity index (χ0) is 18.9. The summed E-state index contributed by atoms with van der Waals surface area (Å²) in [7, 11) is 1.29. The van der Waals surface area contributed by atoms with E-state index >= 15 is 0 Å². The number of hydrogen-bond donors (Lipinski definition) is 1. The molecule has 0 radical (unpaired) electrons. The lowest BCUT2D eigenvalue weighted by Crippen LogP contribution is -2.23. The molecule has 0 heterocycles. The van der Waals surface area contributed by atoms with Crippen LogP contribution >= 0.6 is 22.6 Å². The molecule has 0 saturated heterocycles. The van der Waals surface area contributed by atoms with Crippen molar-refractivity contribution in [2.75, 3.05) is 25.6 Å². The quantitative estimate of drug-likeness (QED) is 0.496. The first-order chi connectivity index (χ1) is 12.5. The third kappa shape index (κ3) is 6.36. The molecule has 0 aliphatic heterocycles. The van der Waals surface area contributed by atoms with Crippen LogP contribution in [0, 0.1) is 3.57 Å². The molecule has 136 valence electrons. The first-order valence-corrected chi connectivity index (χ1v) is 8.58. The van der Waals surface area contributed by atoms with Gasteiger partial charge in [-0.2, -0.15) is 0 Å². The largest absolute Gasteiger partial charge is 0.482 e. The van der Waals surface area contributed by atoms with Gasteiger partial charge in [0.25, 0.3) is 5.91 Å². The van der Waals surface area contributed by atoms with Crippen molar-refractivity contribution < 1.29 is 28.6 Å². The number of methoxy groups -OCH3 is 1. The normalized spacial score (nSPS) is 9.92. The Morgan fingerprint density at radius 2 is 1.62 bits per heavy atom. The van der Waals surface area contributed by atoms with Crippen LogP contribution in [-0.4, -0.2) is 38.2 Å². The van der Waals surface area contributed by atoms with Crippen molar-refractivity contribution in [1.82, 2.24) is 0 Å². The molecule has 2 rings (SSSR count). The van der Waals surface area contributed by atoms with Crippen molar-refractivity contribution in [1.29, 1.82) is 0 Å². The monoisotopic (exact) mass is 469 g/mol. The number of esters is 2. The van der Waals surface area contributed by atoms with Gasteiger partial charge in [0.2, 0.25) is 0 Å². The topological polar surface area (TPSA) is 90.9 Å². The van der Waals surface area contributed by atoms with Crippen molar-refractivity contribution in [2.24, 2.45) is 0 Å². The Morgan fingerprint density at radius 3 is 2.23 bits per heavy atom. The highest BCUT2D eigenvalue weighted by Crippen LogP contribution is 2.13. The third-order valence-electron chi connectivity index (χ3n) is 3.12. The van der Waals surface area contributed by atoms with Crippen molar-refractivity contribution in [3.05, 3.63) is 57.7 Å². The van der Waals surface area contributed by atoms with Crippen LogP contribution in [0.3, 0.4) is 0 Å². The average Bonchev–Trinajstić information content (AvgIpc) is 2.66. The minimum Gasteiger partial charge on any atom is -0.482 e. The summed E-state index contributed by atoms with van der Waals surface area (Å²) < 4.78 is 15.8. The molecule has 0 bridgehead atoms. The second-order valence-electron chi connectivity index (χ2n) is 5.02. The molecule has 2 aromatic rings. The van der Waals surface area contributed by atoms with E-state index in [9.17, 15) is 14.4 Å². The first kappa shape index (κ1) is 19.7. The van der Waals surface area contributed by atoms with Gasteiger partial charge in [0.05, 0.1) is 12.7 Å². The van der Waals surface area contributed by atoms with E-state index in [1.807, 2.05) is 12.1 Å². The second-order valence-corrected chi connectivity index (χ2v) is 6.27. The first-order valence-electron chi connectivity index (χ1n) is 7.50. The molecule has 0 aliphatic carbocycles. The third-order valence-corrected chi connectivity index (χ3v) is 3.84. The zero-order valence-electron chi connectivity index (χ0n) is 13.9. The summed E-state index contributed by atoms with van der Waals surface area (Å²) in [5.74, 6) is -1.08. The van der Waals surface area contributed by atoms with Crippen LogP contribution in [0.5, 0.6) is 5.75 Å². The fraction of sp³-hybridized carbons (Fsp3) is 0.167. The van der Waals surface area contributed by atoms with Gasteiger partial charge >= 0.3 is 11.9 Å². The Kier molecular flexibility index (Phi) is 7.39. The summed E-state index contributed by atoms with van der Waals surface area (Å²) in [5, 5.41) is 2.55. The smallest absolute Gasteiger partial charge is 0.344 e. The Morgan fingerprint density at radius 1 is 0.962 bits per heavy atom. The molecule has 0 spiro atoms. The lowest BCUT2D eigenvalue weighted by Gasteiger charge is -2.08. The molecule has 8 heteroatoms. The molecule has 2 aromatic carbocycles. The number of halogens is 1. The zero-order valence-corrected chi connectivity index (χ0v) is 16.0. The van der Waals surface area contributed by atoms with Gasteiger partial charge in [-0.25, -0.2) is 9.59 Å². The number of anilines is 1. The number of rotatable bonds is 7. The van der Waals surface area contributed by atoms with Gasteiger partial charge in [-0.15, -0.1) is 0 Å². The van der Waals surface area contributed by atoms with E-state index in [0.717, 1.165) is 3.57 Å². The van der Waals surface area contributed by atoms with Crippen LogP contribution in [0.1, 0.15) is 10.4 Å². The molecule has 1 amide bonds. The van der Waals surface area contributed by atoms with E-state index in [-0.39, 0.29) is 6.61 Å². The summed E-state index contributed by atoms with van der Waals surface area (Å²) in [4.78, 5) is 34.7. The molecular weight excluding hydrogens is 453 g/mol. The van der Waals surface area contributed by atoms with Gasteiger partial charge in [0, 0.05) is 9.26 Å². The number of carbonyl (C=O) groups is 3. The van der Waals surface area contributed by atoms with Gasteiger partial charge in [0.15, 0.2) is 13.2 Å². The predicted octanol–water partition coefficient (Wildman–Crippen LogP) is 2.64. The van der Waals surface area contributed by atoms with Gasteiger partial charge < -0.3 is 19.5 Å². The Balaban J connectivity index is 1.73. The molecule has 7 nitrogen and oxygen atoms in total. The number of carbonyl (C=O) groups excluding carboxylic acids is 3. The standard InChI is InChI=1S/C18H16INO6/c1-24-18(23)12-2-6-14(7-3-12)20-16(21)10-26-17(22)11-25-15-8-4-13(19)5-9-15/h2-9H,10-11H2,1H3,(H,20,21). The molecule has 0 aliphatic rings. The number of benzene rings is 2. The molecule has 1 N–H and O–H groups in total. The van der Waals surface area contributed by atoms with E-state index in [0.29, 0.717) is 17.0 Å². The summed E-state index contributed by atoms with van der Waals surface area (Å²) in [6.45, 7) is -0.727. The average molecular weight is 469 g/mol. The minimum absolute atomic E-state index is 0.290. The fourth-order valence-corrected chi connectivity index (χ4v) is 2.22. The van der Waals surface area contributed by atoms with Crippen molar-refractivity contribution in [3.63, 3.8) is 0 Å². The molecule has 26 heavy (non-hydrogen) atoms. The molecule has 0 unspecified atom stereocenters. The lowest BCUT2D eigenvalue weighted by atomic mass is 10.2. The highest BCUT2D eigenvalue weighted by molar-refractivity contribution is 14.1. The predicted molar refractivity (Wildman–Crippen MR) is 102 cm³/mol. The number of amides is 1. The second kappa shape index (κ2) is 9.76. The molecule has 0 saturated carbocycles. The van der Waals surface area contributed by atoms with E-state index < -0.39 is 24.5 Å². The number of ether oxygens (including phenoxy) is 3. The van der Waals surface area contributed by atoms with Crippen LogP contribution in [0.2, 0.25) is 0 Å². The number of nitrogens with one attached hydrogen (secondary N) is 1. The fourth-order valence-electron chi connectivity index (χ4n) is 1.87. The van der Waals surface area contributed by atoms with Crippen molar-refractivity contribution in [2.45, 2.75) is 0 Å². The Labute approximate surface area is 163 Å². The van der Waals surface area contributed by atoms with Crippen molar-refractivity contribution in [3.8, 4) is 5.75 Å². The van der Waals surface area contributed by atoms with E-state index in [1.165, 1.54) is 19.2 Å². The van der Waals surface area contributed by atoms with Gasteiger partial charge in [-0.05, 0) is 71.1 Å².